The molecule has 0 saturated heterocycles. The van der Waals surface area contributed by atoms with Crippen LogP contribution in [0.3, 0.4) is 0 Å². The molecule has 1 aromatic carbocycles. The molecule has 0 radical (unpaired) electrons. The summed E-state index contributed by atoms with van der Waals surface area (Å²) >= 11 is 3.38. The SMILES string of the molecule is COCC(C)N(C)C(=O)c1cc(OC)ccc1Br. The van der Waals surface area contributed by atoms with E-state index in [2.05, 4.69) is 15.9 Å². The van der Waals surface area contributed by atoms with Crippen molar-refractivity contribution in [3.8, 4) is 5.75 Å². The van der Waals surface area contributed by atoms with Gasteiger partial charge in [0.05, 0.1) is 25.3 Å². The minimum absolute atomic E-state index is 0.0144. The summed E-state index contributed by atoms with van der Waals surface area (Å²) in [5.74, 6) is 0.597. The molecule has 18 heavy (non-hydrogen) atoms. The Morgan fingerprint density at radius 1 is 1.44 bits per heavy atom. The lowest BCUT2D eigenvalue weighted by atomic mass is 10.1. The first kappa shape index (κ1) is 15.0. The van der Waals surface area contributed by atoms with Crippen LogP contribution in [-0.4, -0.2) is 44.7 Å². The van der Waals surface area contributed by atoms with Crippen molar-refractivity contribution in [3.05, 3.63) is 28.2 Å². The molecule has 0 bridgehead atoms. The normalized spacial score (nSPS) is 12.1. The molecule has 100 valence electrons. The van der Waals surface area contributed by atoms with E-state index in [1.807, 2.05) is 6.92 Å². The van der Waals surface area contributed by atoms with Crippen molar-refractivity contribution in [2.24, 2.45) is 0 Å². The van der Waals surface area contributed by atoms with Gasteiger partial charge in [-0.05, 0) is 41.1 Å². The van der Waals surface area contributed by atoms with Crippen LogP contribution in [0.4, 0.5) is 0 Å². The number of halogens is 1. The van der Waals surface area contributed by atoms with E-state index in [1.165, 1.54) is 0 Å². The number of nitrogens with zero attached hydrogens (tertiary/aromatic N) is 1. The third-order valence-electron chi connectivity index (χ3n) is 2.79. The minimum atomic E-state index is -0.0645. The fourth-order valence-electron chi connectivity index (χ4n) is 1.54. The molecular formula is C13H18BrNO3. The molecule has 0 heterocycles. The molecule has 1 unspecified atom stereocenters. The maximum atomic E-state index is 12.3. The summed E-state index contributed by atoms with van der Waals surface area (Å²) in [4.78, 5) is 14.0. The second-order valence-corrected chi connectivity index (χ2v) is 4.92. The smallest absolute Gasteiger partial charge is 0.255 e. The molecule has 0 aliphatic carbocycles. The molecule has 1 aromatic rings. The van der Waals surface area contributed by atoms with Gasteiger partial charge < -0.3 is 14.4 Å². The van der Waals surface area contributed by atoms with E-state index in [0.717, 1.165) is 4.47 Å². The van der Waals surface area contributed by atoms with Gasteiger partial charge in [0.15, 0.2) is 0 Å². The second kappa shape index (κ2) is 6.75. The maximum Gasteiger partial charge on any atom is 0.255 e. The highest BCUT2D eigenvalue weighted by Crippen LogP contribution is 2.24. The standard InChI is InChI=1S/C13H18BrNO3/c1-9(8-17-3)15(2)13(16)11-7-10(18-4)5-6-12(11)14/h5-7,9H,8H2,1-4H3. The van der Waals surface area contributed by atoms with E-state index in [-0.39, 0.29) is 11.9 Å². The number of rotatable bonds is 5. The van der Waals surface area contributed by atoms with Crippen LogP contribution in [0.25, 0.3) is 0 Å². The monoisotopic (exact) mass is 315 g/mol. The first-order valence-corrected chi connectivity index (χ1v) is 6.40. The summed E-state index contributed by atoms with van der Waals surface area (Å²) in [5.41, 5.74) is 0.583. The largest absolute Gasteiger partial charge is 0.497 e. The zero-order chi connectivity index (χ0) is 13.7. The lowest BCUT2D eigenvalue weighted by molar-refractivity contribution is 0.0632. The van der Waals surface area contributed by atoms with Gasteiger partial charge in [0.2, 0.25) is 0 Å². The number of carbonyl (C=O) groups excluding carboxylic acids is 1. The fourth-order valence-corrected chi connectivity index (χ4v) is 1.95. The maximum absolute atomic E-state index is 12.3. The summed E-state index contributed by atoms with van der Waals surface area (Å²) < 4.78 is 10.9. The van der Waals surface area contributed by atoms with E-state index in [4.69, 9.17) is 9.47 Å². The van der Waals surface area contributed by atoms with Gasteiger partial charge in [-0.2, -0.15) is 0 Å². The number of benzene rings is 1. The highest BCUT2D eigenvalue weighted by molar-refractivity contribution is 9.10. The first-order chi connectivity index (χ1) is 8.51. The summed E-state index contributed by atoms with van der Waals surface area (Å²) in [5, 5.41) is 0. The van der Waals surface area contributed by atoms with E-state index >= 15 is 0 Å². The van der Waals surface area contributed by atoms with Gasteiger partial charge in [-0.25, -0.2) is 0 Å². The fraction of sp³-hybridized carbons (Fsp3) is 0.462. The Kier molecular flexibility index (Phi) is 5.62. The van der Waals surface area contributed by atoms with Gasteiger partial charge in [-0.15, -0.1) is 0 Å². The molecule has 1 rings (SSSR count). The molecule has 4 nitrogen and oxygen atoms in total. The van der Waals surface area contributed by atoms with Crippen molar-refractivity contribution < 1.29 is 14.3 Å². The lowest BCUT2D eigenvalue weighted by Crippen LogP contribution is -2.37. The number of ether oxygens (including phenoxy) is 2. The molecule has 0 saturated carbocycles. The van der Waals surface area contributed by atoms with Gasteiger partial charge in [0.1, 0.15) is 5.75 Å². The predicted octanol–water partition coefficient (Wildman–Crippen LogP) is 2.56. The summed E-state index contributed by atoms with van der Waals surface area (Å²) in [6.45, 7) is 2.44. The number of methoxy groups -OCH3 is 2. The van der Waals surface area contributed by atoms with Gasteiger partial charge >= 0.3 is 0 Å². The van der Waals surface area contributed by atoms with Crippen molar-refractivity contribution in [2.75, 3.05) is 27.9 Å². The van der Waals surface area contributed by atoms with Crippen LogP contribution in [0.2, 0.25) is 0 Å². The van der Waals surface area contributed by atoms with E-state index in [9.17, 15) is 4.79 Å². The Morgan fingerprint density at radius 2 is 2.11 bits per heavy atom. The van der Waals surface area contributed by atoms with Crippen molar-refractivity contribution in [3.63, 3.8) is 0 Å². The van der Waals surface area contributed by atoms with Gasteiger partial charge in [0.25, 0.3) is 5.91 Å². The molecule has 0 aliphatic rings. The predicted molar refractivity (Wildman–Crippen MR) is 74.1 cm³/mol. The number of carbonyl (C=O) groups is 1. The number of amides is 1. The quantitative estimate of drug-likeness (QED) is 0.838. The summed E-state index contributed by atoms with van der Waals surface area (Å²) in [6, 6.07) is 5.35. The molecule has 0 spiro atoms. The highest BCUT2D eigenvalue weighted by Gasteiger charge is 2.20. The molecule has 0 N–H and O–H groups in total. The van der Waals surface area contributed by atoms with Crippen LogP contribution in [0.5, 0.6) is 5.75 Å². The third-order valence-corrected chi connectivity index (χ3v) is 3.48. The number of hydrogen-bond acceptors (Lipinski definition) is 3. The molecule has 0 fully saturated rings. The molecular weight excluding hydrogens is 298 g/mol. The van der Waals surface area contributed by atoms with Crippen molar-refractivity contribution in [1.82, 2.24) is 4.90 Å². The van der Waals surface area contributed by atoms with Gasteiger partial charge in [-0.1, -0.05) is 0 Å². The average molecular weight is 316 g/mol. The van der Waals surface area contributed by atoms with Gasteiger partial charge in [-0.3, -0.25) is 4.79 Å². The summed E-state index contributed by atoms with van der Waals surface area (Å²) in [7, 11) is 4.96. The highest BCUT2D eigenvalue weighted by atomic mass is 79.9. The molecule has 5 heteroatoms. The van der Waals surface area contributed by atoms with Crippen molar-refractivity contribution in [2.45, 2.75) is 13.0 Å². The first-order valence-electron chi connectivity index (χ1n) is 5.61. The Hall–Kier alpha value is -1.07. The number of hydrogen-bond donors (Lipinski definition) is 0. The van der Waals surface area contributed by atoms with Crippen LogP contribution in [0, 0.1) is 0 Å². The Morgan fingerprint density at radius 3 is 2.67 bits per heavy atom. The molecule has 1 atom stereocenters. The third kappa shape index (κ3) is 3.46. The van der Waals surface area contributed by atoms with Crippen LogP contribution >= 0.6 is 15.9 Å². The van der Waals surface area contributed by atoms with Crippen molar-refractivity contribution in [1.29, 1.82) is 0 Å². The molecule has 0 aromatic heterocycles. The number of likely N-dealkylation sites (N-methyl/N-ethyl adjacent to an activating group) is 1. The summed E-state index contributed by atoms with van der Waals surface area (Å²) in [6.07, 6.45) is 0. The van der Waals surface area contributed by atoms with E-state index in [1.54, 1.807) is 44.4 Å². The molecule has 1 amide bonds. The Bertz CT molecular complexity index is 423. The Labute approximate surface area is 116 Å². The lowest BCUT2D eigenvalue weighted by Gasteiger charge is -2.25. The Balaban J connectivity index is 2.95. The van der Waals surface area contributed by atoms with Crippen LogP contribution < -0.4 is 4.74 Å². The zero-order valence-corrected chi connectivity index (χ0v) is 12.7. The topological polar surface area (TPSA) is 38.8 Å². The van der Waals surface area contributed by atoms with E-state index < -0.39 is 0 Å². The van der Waals surface area contributed by atoms with Gasteiger partial charge in [0, 0.05) is 18.6 Å². The second-order valence-electron chi connectivity index (χ2n) is 4.07. The van der Waals surface area contributed by atoms with Crippen LogP contribution in [0.1, 0.15) is 17.3 Å². The van der Waals surface area contributed by atoms with Crippen LogP contribution in [0.15, 0.2) is 22.7 Å². The zero-order valence-electron chi connectivity index (χ0n) is 11.1. The average Bonchev–Trinajstić information content (AvgIpc) is 2.38. The molecule has 0 aliphatic heterocycles. The van der Waals surface area contributed by atoms with Crippen LogP contribution in [-0.2, 0) is 4.74 Å². The van der Waals surface area contributed by atoms with E-state index in [0.29, 0.717) is 17.9 Å². The van der Waals surface area contributed by atoms with Crippen molar-refractivity contribution >= 4 is 21.8 Å². The minimum Gasteiger partial charge on any atom is -0.497 e.